The Morgan fingerprint density at radius 3 is 2.61 bits per heavy atom. The smallest absolute Gasteiger partial charge is 0.191 e. The van der Waals surface area contributed by atoms with Crippen molar-refractivity contribution in [3.63, 3.8) is 0 Å². The number of hydrogen-bond acceptors (Lipinski definition) is 6. The van der Waals surface area contributed by atoms with Gasteiger partial charge >= 0.3 is 0 Å². The number of nitrogens with one attached hydrogen (secondary N) is 1. The van der Waals surface area contributed by atoms with E-state index in [0.29, 0.717) is 23.1 Å². The zero-order valence-electron chi connectivity index (χ0n) is 16.6. The summed E-state index contributed by atoms with van der Waals surface area (Å²) in [7, 11) is -3.57. The number of ketones is 1. The fourth-order valence-electron chi connectivity index (χ4n) is 3.24. The van der Waals surface area contributed by atoms with Crippen LogP contribution < -0.4 is 0 Å². The largest absolute Gasteiger partial charge is 0.360 e. The van der Waals surface area contributed by atoms with Crippen LogP contribution in [0.1, 0.15) is 16.2 Å². The van der Waals surface area contributed by atoms with E-state index >= 15 is 0 Å². The molecule has 2 aromatic heterocycles. The number of allylic oxidation sites excluding steroid dienone is 1. The predicted molar refractivity (Wildman–Crippen MR) is 121 cm³/mol. The number of benzene rings is 2. The summed E-state index contributed by atoms with van der Waals surface area (Å²) in [5.41, 5.74) is 1.52. The highest BCUT2D eigenvalue weighted by Gasteiger charge is 2.22. The quantitative estimate of drug-likeness (QED) is 0.235. The molecule has 0 bridgehead atoms. The molecule has 4 rings (SSSR count). The van der Waals surface area contributed by atoms with Crippen molar-refractivity contribution in [2.75, 3.05) is 5.75 Å². The SMILES string of the molecule is C=CCn1c(CS(=O)(=O)c2ccccc2)nnc1SCC(=O)c1c[nH]c2ccccc12. The molecular weight excluding hydrogens is 432 g/mol. The fraction of sp³-hybridized carbons (Fsp3) is 0.136. The molecule has 0 saturated heterocycles. The Kier molecular flexibility index (Phi) is 6.06. The highest BCUT2D eigenvalue weighted by atomic mass is 32.2. The number of rotatable bonds is 9. The van der Waals surface area contributed by atoms with Crippen LogP contribution in [0, 0.1) is 0 Å². The molecule has 0 fully saturated rings. The highest BCUT2D eigenvalue weighted by molar-refractivity contribution is 7.99. The Bertz CT molecular complexity index is 1340. The molecule has 0 aliphatic carbocycles. The molecule has 1 N–H and O–H groups in total. The highest BCUT2D eigenvalue weighted by Crippen LogP contribution is 2.24. The van der Waals surface area contributed by atoms with Gasteiger partial charge in [0.2, 0.25) is 0 Å². The van der Waals surface area contributed by atoms with Crippen LogP contribution in [0.5, 0.6) is 0 Å². The molecular formula is C22H20N4O3S2. The van der Waals surface area contributed by atoms with Gasteiger partial charge in [0.15, 0.2) is 20.8 Å². The lowest BCUT2D eigenvalue weighted by molar-refractivity contribution is 0.102. The van der Waals surface area contributed by atoms with Gasteiger partial charge in [0, 0.05) is 29.2 Å². The van der Waals surface area contributed by atoms with Crippen molar-refractivity contribution < 1.29 is 13.2 Å². The van der Waals surface area contributed by atoms with Crippen molar-refractivity contribution in [3.8, 4) is 0 Å². The van der Waals surface area contributed by atoms with E-state index in [1.165, 1.54) is 11.8 Å². The average Bonchev–Trinajstić information content (AvgIpc) is 3.37. The van der Waals surface area contributed by atoms with Gasteiger partial charge in [0.1, 0.15) is 11.6 Å². The van der Waals surface area contributed by atoms with Crippen LogP contribution in [0.4, 0.5) is 0 Å². The number of carbonyl (C=O) groups is 1. The molecule has 9 heteroatoms. The van der Waals surface area contributed by atoms with Gasteiger partial charge in [-0.2, -0.15) is 0 Å². The average molecular weight is 453 g/mol. The first-order valence-corrected chi connectivity index (χ1v) is 12.2. The summed E-state index contributed by atoms with van der Waals surface area (Å²) in [5.74, 6) is 0.136. The van der Waals surface area contributed by atoms with Gasteiger partial charge in [0.25, 0.3) is 0 Å². The molecule has 0 atom stereocenters. The number of aromatic amines is 1. The standard InChI is InChI=1S/C22H20N4O3S2/c1-2-12-26-21(15-31(28,29)16-8-4-3-5-9-16)24-25-22(26)30-14-20(27)18-13-23-19-11-7-6-10-17(18)19/h2-11,13,23H,1,12,14-15H2. The van der Waals surface area contributed by atoms with Crippen molar-refractivity contribution >= 4 is 38.3 Å². The lowest BCUT2D eigenvalue weighted by atomic mass is 10.1. The molecule has 0 aliphatic rings. The second-order valence-electron chi connectivity index (χ2n) is 6.83. The minimum absolute atomic E-state index is 0.0472. The number of para-hydroxylation sites is 1. The topological polar surface area (TPSA) is 97.7 Å². The predicted octanol–water partition coefficient (Wildman–Crippen LogP) is 3.89. The van der Waals surface area contributed by atoms with E-state index in [1.54, 1.807) is 47.2 Å². The van der Waals surface area contributed by atoms with E-state index in [1.807, 2.05) is 24.3 Å². The molecule has 2 heterocycles. The first kappa shape index (κ1) is 21.1. The van der Waals surface area contributed by atoms with Gasteiger partial charge < -0.3 is 9.55 Å². The van der Waals surface area contributed by atoms with Crippen molar-refractivity contribution in [1.82, 2.24) is 19.7 Å². The van der Waals surface area contributed by atoms with Gasteiger partial charge in [-0.05, 0) is 18.2 Å². The Hall–Kier alpha value is -3.17. The first-order chi connectivity index (χ1) is 15.0. The second-order valence-corrected chi connectivity index (χ2v) is 9.76. The van der Waals surface area contributed by atoms with E-state index in [-0.39, 0.29) is 22.2 Å². The molecule has 31 heavy (non-hydrogen) atoms. The molecule has 0 unspecified atom stereocenters. The number of sulfone groups is 1. The van der Waals surface area contributed by atoms with E-state index in [4.69, 9.17) is 0 Å². The maximum absolute atomic E-state index is 12.8. The molecule has 2 aromatic carbocycles. The summed E-state index contributed by atoms with van der Waals surface area (Å²) >= 11 is 1.23. The molecule has 0 radical (unpaired) electrons. The van der Waals surface area contributed by atoms with Gasteiger partial charge in [-0.3, -0.25) is 4.79 Å². The van der Waals surface area contributed by atoms with E-state index in [2.05, 4.69) is 21.8 Å². The molecule has 158 valence electrons. The van der Waals surface area contributed by atoms with Crippen molar-refractivity contribution in [2.24, 2.45) is 0 Å². The van der Waals surface area contributed by atoms with E-state index < -0.39 is 9.84 Å². The van der Waals surface area contributed by atoms with Crippen LogP contribution >= 0.6 is 11.8 Å². The summed E-state index contributed by atoms with van der Waals surface area (Å²) in [6.45, 7) is 4.08. The number of H-pyrrole nitrogens is 1. The summed E-state index contributed by atoms with van der Waals surface area (Å²) < 4.78 is 27.2. The van der Waals surface area contributed by atoms with Gasteiger partial charge in [-0.15, -0.1) is 16.8 Å². The molecule has 0 spiro atoms. The van der Waals surface area contributed by atoms with Gasteiger partial charge in [-0.1, -0.05) is 54.2 Å². The van der Waals surface area contributed by atoms with Gasteiger partial charge in [0.05, 0.1) is 10.6 Å². The monoisotopic (exact) mass is 452 g/mol. The Morgan fingerprint density at radius 1 is 1.10 bits per heavy atom. The molecule has 0 saturated carbocycles. The molecule has 7 nitrogen and oxygen atoms in total. The van der Waals surface area contributed by atoms with Crippen LogP contribution in [0.25, 0.3) is 10.9 Å². The first-order valence-electron chi connectivity index (χ1n) is 9.52. The van der Waals surface area contributed by atoms with Crippen molar-refractivity contribution in [3.05, 3.63) is 84.8 Å². The maximum Gasteiger partial charge on any atom is 0.191 e. The second kappa shape index (κ2) is 8.91. The van der Waals surface area contributed by atoms with Crippen LogP contribution in [-0.2, 0) is 22.1 Å². The van der Waals surface area contributed by atoms with Crippen LogP contribution in [0.2, 0.25) is 0 Å². The molecule has 0 amide bonds. The summed E-state index contributed by atoms with van der Waals surface area (Å²) in [6, 6.07) is 15.8. The lowest BCUT2D eigenvalue weighted by Crippen LogP contribution is -2.12. The summed E-state index contributed by atoms with van der Waals surface area (Å²) in [4.78, 5) is 16.1. The third kappa shape index (κ3) is 4.47. The summed E-state index contributed by atoms with van der Waals surface area (Å²) in [5, 5.41) is 9.56. The summed E-state index contributed by atoms with van der Waals surface area (Å²) in [6.07, 6.45) is 3.35. The molecule has 0 aliphatic heterocycles. The normalized spacial score (nSPS) is 11.6. The van der Waals surface area contributed by atoms with E-state index in [9.17, 15) is 13.2 Å². The zero-order chi connectivity index (χ0) is 21.8. The molecule has 4 aromatic rings. The van der Waals surface area contributed by atoms with E-state index in [0.717, 1.165) is 10.9 Å². The number of nitrogens with zero attached hydrogens (tertiary/aromatic N) is 3. The minimum Gasteiger partial charge on any atom is -0.360 e. The number of Topliss-reactive ketones (excluding diaryl/α,β-unsaturated/α-hetero) is 1. The number of aromatic nitrogens is 4. The van der Waals surface area contributed by atoms with Crippen LogP contribution in [0.15, 0.2) is 83.5 Å². The number of fused-ring (bicyclic) bond motifs is 1. The van der Waals surface area contributed by atoms with Crippen LogP contribution in [0.3, 0.4) is 0 Å². The lowest BCUT2D eigenvalue weighted by Gasteiger charge is -2.08. The Labute approximate surface area is 184 Å². The number of thioether (sulfide) groups is 1. The van der Waals surface area contributed by atoms with Crippen molar-refractivity contribution in [1.29, 1.82) is 0 Å². The Morgan fingerprint density at radius 2 is 1.84 bits per heavy atom. The van der Waals surface area contributed by atoms with Crippen molar-refractivity contribution in [2.45, 2.75) is 22.3 Å². The third-order valence-corrected chi connectivity index (χ3v) is 7.34. The number of carbonyl (C=O) groups excluding carboxylic acids is 1. The van der Waals surface area contributed by atoms with Crippen LogP contribution in [-0.4, -0.2) is 39.7 Å². The number of hydrogen-bond donors (Lipinski definition) is 1. The minimum atomic E-state index is -3.57. The Balaban J connectivity index is 1.53. The maximum atomic E-state index is 12.8. The third-order valence-electron chi connectivity index (χ3n) is 4.75. The fourth-order valence-corrected chi connectivity index (χ4v) is 5.38. The zero-order valence-corrected chi connectivity index (χ0v) is 18.2. The van der Waals surface area contributed by atoms with Gasteiger partial charge in [-0.25, -0.2) is 8.42 Å².